The molecule has 0 aliphatic carbocycles. The Morgan fingerprint density at radius 1 is 1.36 bits per heavy atom. The van der Waals surface area contributed by atoms with Gasteiger partial charge in [-0.1, -0.05) is 42.0 Å². The maximum atomic E-state index is 10.6. The molecule has 14 heavy (non-hydrogen) atoms. The largest absolute Gasteiger partial charge is 0.369 e. The van der Waals surface area contributed by atoms with Gasteiger partial charge in [-0.25, -0.2) is 0 Å². The molecule has 74 valence electrons. The fourth-order valence-corrected chi connectivity index (χ4v) is 1.25. The highest BCUT2D eigenvalue weighted by Crippen LogP contribution is 2.05. The average Bonchev–Trinajstić information content (AvgIpc) is 2.15. The summed E-state index contributed by atoms with van der Waals surface area (Å²) >= 11 is 0. The van der Waals surface area contributed by atoms with E-state index in [2.05, 4.69) is 12.1 Å². The van der Waals surface area contributed by atoms with Gasteiger partial charge < -0.3 is 5.73 Å². The first kappa shape index (κ1) is 10.5. The van der Waals surface area contributed by atoms with Gasteiger partial charge in [0, 0.05) is 6.42 Å². The quantitative estimate of drug-likeness (QED) is 0.724. The van der Waals surface area contributed by atoms with E-state index in [1.165, 1.54) is 5.56 Å². The lowest BCUT2D eigenvalue weighted by Crippen LogP contribution is -2.10. The number of hydrogen-bond acceptors (Lipinski definition) is 1. The zero-order valence-corrected chi connectivity index (χ0v) is 8.36. The molecular weight excluding hydrogens is 174 g/mol. The second-order valence-corrected chi connectivity index (χ2v) is 3.38. The molecule has 0 aliphatic rings. The molecular formula is C12H15NO. The molecule has 0 spiro atoms. The van der Waals surface area contributed by atoms with Crippen LogP contribution in [0.2, 0.25) is 0 Å². The molecule has 1 amide bonds. The molecule has 0 heterocycles. The van der Waals surface area contributed by atoms with E-state index < -0.39 is 0 Å². The molecule has 0 bridgehead atoms. The Hall–Kier alpha value is -1.57. The zero-order valence-electron chi connectivity index (χ0n) is 8.36. The number of primary amides is 1. The number of allylic oxidation sites excluding steroid dienone is 1. The van der Waals surface area contributed by atoms with Crippen molar-refractivity contribution in [3.8, 4) is 0 Å². The van der Waals surface area contributed by atoms with Gasteiger partial charge in [0.2, 0.25) is 5.91 Å². The predicted molar refractivity (Wildman–Crippen MR) is 57.7 cm³/mol. The topological polar surface area (TPSA) is 43.1 Å². The number of amides is 1. The SMILES string of the molecule is C/C(=C\Cc1ccccc1)CC(N)=O. The molecule has 0 unspecified atom stereocenters. The van der Waals surface area contributed by atoms with Gasteiger partial charge in [-0.15, -0.1) is 0 Å². The number of nitrogens with two attached hydrogens (primary N) is 1. The van der Waals surface area contributed by atoms with Crippen molar-refractivity contribution >= 4 is 5.91 Å². The highest BCUT2D eigenvalue weighted by molar-refractivity contribution is 5.76. The summed E-state index contributed by atoms with van der Waals surface area (Å²) in [6.07, 6.45) is 3.26. The average molecular weight is 189 g/mol. The molecule has 1 rings (SSSR count). The van der Waals surface area contributed by atoms with Crippen LogP contribution in [0.4, 0.5) is 0 Å². The second-order valence-electron chi connectivity index (χ2n) is 3.38. The summed E-state index contributed by atoms with van der Waals surface area (Å²) in [5.74, 6) is -0.271. The first-order valence-corrected chi connectivity index (χ1v) is 4.66. The number of hydrogen-bond donors (Lipinski definition) is 1. The van der Waals surface area contributed by atoms with Crippen LogP contribution in [-0.4, -0.2) is 5.91 Å². The van der Waals surface area contributed by atoms with Crippen molar-refractivity contribution < 1.29 is 4.79 Å². The summed E-state index contributed by atoms with van der Waals surface area (Å²) in [6, 6.07) is 10.1. The summed E-state index contributed by atoms with van der Waals surface area (Å²) in [5, 5.41) is 0. The normalized spacial score (nSPS) is 11.4. The van der Waals surface area contributed by atoms with Crippen molar-refractivity contribution in [1.82, 2.24) is 0 Å². The Kier molecular flexibility index (Phi) is 3.92. The fourth-order valence-electron chi connectivity index (χ4n) is 1.25. The molecule has 2 N–H and O–H groups in total. The molecule has 0 aliphatic heterocycles. The van der Waals surface area contributed by atoms with Crippen molar-refractivity contribution in [3.05, 3.63) is 47.5 Å². The lowest BCUT2D eigenvalue weighted by atomic mass is 10.1. The lowest BCUT2D eigenvalue weighted by molar-refractivity contribution is -0.117. The summed E-state index contributed by atoms with van der Waals surface area (Å²) < 4.78 is 0. The van der Waals surface area contributed by atoms with Crippen molar-refractivity contribution in [2.24, 2.45) is 5.73 Å². The maximum Gasteiger partial charge on any atom is 0.221 e. The van der Waals surface area contributed by atoms with Crippen molar-refractivity contribution in [2.75, 3.05) is 0 Å². The third kappa shape index (κ3) is 3.90. The first-order chi connectivity index (χ1) is 6.68. The highest BCUT2D eigenvalue weighted by Gasteiger charge is 1.95. The first-order valence-electron chi connectivity index (χ1n) is 4.66. The van der Waals surface area contributed by atoms with E-state index in [0.717, 1.165) is 12.0 Å². The molecule has 0 saturated carbocycles. The van der Waals surface area contributed by atoms with Crippen molar-refractivity contribution in [2.45, 2.75) is 19.8 Å². The molecule has 2 heteroatoms. The third-order valence-corrected chi connectivity index (χ3v) is 1.98. The van der Waals surface area contributed by atoms with Crippen LogP contribution >= 0.6 is 0 Å². The van der Waals surface area contributed by atoms with Crippen LogP contribution in [0, 0.1) is 0 Å². The van der Waals surface area contributed by atoms with Crippen LogP contribution in [0.1, 0.15) is 18.9 Å². The minimum atomic E-state index is -0.271. The molecule has 0 saturated heterocycles. The van der Waals surface area contributed by atoms with Crippen LogP contribution in [-0.2, 0) is 11.2 Å². The van der Waals surface area contributed by atoms with Gasteiger partial charge in [-0.05, 0) is 18.9 Å². The summed E-state index contributed by atoms with van der Waals surface area (Å²) in [7, 11) is 0. The van der Waals surface area contributed by atoms with Gasteiger partial charge >= 0.3 is 0 Å². The molecule has 1 aromatic rings. The van der Waals surface area contributed by atoms with E-state index in [-0.39, 0.29) is 5.91 Å². The third-order valence-electron chi connectivity index (χ3n) is 1.98. The van der Waals surface area contributed by atoms with Crippen molar-refractivity contribution in [3.63, 3.8) is 0 Å². The molecule has 0 radical (unpaired) electrons. The minimum Gasteiger partial charge on any atom is -0.369 e. The Morgan fingerprint density at radius 3 is 2.57 bits per heavy atom. The van der Waals surface area contributed by atoms with Gasteiger partial charge in [0.15, 0.2) is 0 Å². The van der Waals surface area contributed by atoms with Gasteiger partial charge in [0.05, 0.1) is 0 Å². The standard InChI is InChI=1S/C12H15NO/c1-10(9-12(13)14)7-8-11-5-3-2-4-6-11/h2-7H,8-9H2,1H3,(H2,13,14)/b10-7+. The van der Waals surface area contributed by atoms with Crippen LogP contribution < -0.4 is 5.73 Å². The Morgan fingerprint density at radius 2 is 2.00 bits per heavy atom. The van der Waals surface area contributed by atoms with E-state index in [1.807, 2.05) is 31.2 Å². The van der Waals surface area contributed by atoms with Crippen LogP contribution in [0.5, 0.6) is 0 Å². The number of carbonyl (C=O) groups is 1. The van der Waals surface area contributed by atoms with Crippen molar-refractivity contribution in [1.29, 1.82) is 0 Å². The van der Waals surface area contributed by atoms with E-state index in [9.17, 15) is 4.79 Å². The zero-order chi connectivity index (χ0) is 10.4. The summed E-state index contributed by atoms with van der Waals surface area (Å²) in [5.41, 5.74) is 7.36. The second kappa shape index (κ2) is 5.22. The Labute approximate surface area is 84.4 Å². The minimum absolute atomic E-state index is 0.271. The molecule has 2 nitrogen and oxygen atoms in total. The van der Waals surface area contributed by atoms with Gasteiger partial charge in [-0.3, -0.25) is 4.79 Å². The maximum absolute atomic E-state index is 10.6. The molecule has 1 aromatic carbocycles. The summed E-state index contributed by atoms with van der Waals surface area (Å²) in [6.45, 7) is 1.92. The van der Waals surface area contributed by atoms with Gasteiger partial charge in [0.1, 0.15) is 0 Å². The molecule has 0 aromatic heterocycles. The lowest BCUT2D eigenvalue weighted by Gasteiger charge is -1.98. The van der Waals surface area contributed by atoms with Gasteiger partial charge in [0.25, 0.3) is 0 Å². The van der Waals surface area contributed by atoms with Crippen LogP contribution in [0.3, 0.4) is 0 Å². The number of benzene rings is 1. The van der Waals surface area contributed by atoms with E-state index in [1.54, 1.807) is 0 Å². The summed E-state index contributed by atoms with van der Waals surface area (Å²) in [4.78, 5) is 10.6. The molecule has 0 fully saturated rings. The van der Waals surface area contributed by atoms with E-state index in [4.69, 9.17) is 5.73 Å². The smallest absolute Gasteiger partial charge is 0.221 e. The Balaban J connectivity index is 2.51. The van der Waals surface area contributed by atoms with Gasteiger partial charge in [-0.2, -0.15) is 0 Å². The van der Waals surface area contributed by atoms with E-state index in [0.29, 0.717) is 6.42 Å². The number of rotatable bonds is 4. The Bertz CT molecular complexity index is 327. The van der Waals surface area contributed by atoms with Crippen LogP contribution in [0.15, 0.2) is 42.0 Å². The molecule has 0 atom stereocenters. The fraction of sp³-hybridized carbons (Fsp3) is 0.250. The predicted octanol–water partition coefficient (Wildman–Crippen LogP) is 2.05. The monoisotopic (exact) mass is 189 g/mol. The highest BCUT2D eigenvalue weighted by atomic mass is 16.1. The van der Waals surface area contributed by atoms with Crippen LogP contribution in [0.25, 0.3) is 0 Å². The number of carbonyl (C=O) groups excluding carboxylic acids is 1. The van der Waals surface area contributed by atoms with E-state index >= 15 is 0 Å².